The standard InChI is InChI=1S/C16H20N2O2S/c1-2-14-7-8-15(21-14)11-18-12-3-5-13(6-4-12)20-10-9-16(17)19/h3-8,18H,2,9-11H2,1H3,(H2,17,19). The van der Waals surface area contributed by atoms with Crippen LogP contribution in [0.4, 0.5) is 5.69 Å². The smallest absolute Gasteiger partial charge is 0.220 e. The van der Waals surface area contributed by atoms with E-state index in [2.05, 4.69) is 24.4 Å². The van der Waals surface area contributed by atoms with Crippen molar-refractivity contribution >= 4 is 22.9 Å². The first kappa shape index (κ1) is 15.4. The summed E-state index contributed by atoms with van der Waals surface area (Å²) in [6, 6.07) is 12.0. The Labute approximate surface area is 128 Å². The molecular weight excluding hydrogens is 284 g/mol. The van der Waals surface area contributed by atoms with Crippen LogP contribution in [-0.4, -0.2) is 12.5 Å². The van der Waals surface area contributed by atoms with E-state index in [0.717, 1.165) is 24.4 Å². The maximum atomic E-state index is 10.6. The summed E-state index contributed by atoms with van der Waals surface area (Å²) in [5.41, 5.74) is 6.10. The van der Waals surface area contributed by atoms with Crippen molar-refractivity contribution < 1.29 is 9.53 Å². The molecule has 5 heteroatoms. The monoisotopic (exact) mass is 304 g/mol. The minimum Gasteiger partial charge on any atom is -0.493 e. The quantitative estimate of drug-likeness (QED) is 0.787. The highest BCUT2D eigenvalue weighted by Crippen LogP contribution is 2.20. The zero-order valence-electron chi connectivity index (χ0n) is 12.1. The molecule has 4 nitrogen and oxygen atoms in total. The van der Waals surface area contributed by atoms with Crippen molar-refractivity contribution in [2.45, 2.75) is 26.3 Å². The van der Waals surface area contributed by atoms with Crippen LogP contribution >= 0.6 is 11.3 Å². The van der Waals surface area contributed by atoms with Crippen LogP contribution in [0.3, 0.4) is 0 Å². The number of hydrogen-bond donors (Lipinski definition) is 2. The number of carbonyl (C=O) groups is 1. The van der Waals surface area contributed by atoms with E-state index < -0.39 is 0 Å². The number of nitrogens with one attached hydrogen (secondary N) is 1. The second-order valence-electron chi connectivity index (χ2n) is 4.66. The number of primary amides is 1. The van der Waals surface area contributed by atoms with Gasteiger partial charge in [-0.25, -0.2) is 0 Å². The third-order valence-corrected chi connectivity index (χ3v) is 4.23. The van der Waals surface area contributed by atoms with E-state index in [1.165, 1.54) is 9.75 Å². The molecule has 1 heterocycles. The van der Waals surface area contributed by atoms with Crippen molar-refractivity contribution in [2.24, 2.45) is 5.73 Å². The van der Waals surface area contributed by atoms with Crippen molar-refractivity contribution in [2.75, 3.05) is 11.9 Å². The minimum atomic E-state index is -0.351. The number of nitrogens with two attached hydrogens (primary N) is 1. The Morgan fingerprint density at radius 2 is 1.90 bits per heavy atom. The molecule has 0 spiro atoms. The SMILES string of the molecule is CCc1ccc(CNc2ccc(OCCC(N)=O)cc2)s1. The summed E-state index contributed by atoms with van der Waals surface area (Å²) in [4.78, 5) is 13.4. The van der Waals surface area contributed by atoms with Gasteiger partial charge >= 0.3 is 0 Å². The topological polar surface area (TPSA) is 64.3 Å². The van der Waals surface area contributed by atoms with Gasteiger partial charge in [-0.3, -0.25) is 4.79 Å². The largest absolute Gasteiger partial charge is 0.493 e. The zero-order valence-corrected chi connectivity index (χ0v) is 12.9. The maximum Gasteiger partial charge on any atom is 0.220 e. The lowest BCUT2D eigenvalue weighted by Gasteiger charge is -2.07. The third-order valence-electron chi connectivity index (χ3n) is 3.00. The summed E-state index contributed by atoms with van der Waals surface area (Å²) in [6.07, 6.45) is 1.32. The van der Waals surface area contributed by atoms with Gasteiger partial charge < -0.3 is 15.8 Å². The summed E-state index contributed by atoms with van der Waals surface area (Å²) >= 11 is 1.84. The fraction of sp³-hybridized carbons (Fsp3) is 0.312. The van der Waals surface area contributed by atoms with Crippen molar-refractivity contribution in [1.82, 2.24) is 0 Å². The highest BCUT2D eigenvalue weighted by Gasteiger charge is 2.00. The average molecular weight is 304 g/mol. The highest BCUT2D eigenvalue weighted by molar-refractivity contribution is 7.12. The number of benzene rings is 1. The molecule has 0 fully saturated rings. The van der Waals surface area contributed by atoms with E-state index in [1.54, 1.807) is 0 Å². The average Bonchev–Trinajstić information content (AvgIpc) is 2.94. The normalized spacial score (nSPS) is 10.3. The molecule has 0 radical (unpaired) electrons. The lowest BCUT2D eigenvalue weighted by molar-refractivity contribution is -0.118. The first-order valence-electron chi connectivity index (χ1n) is 7.00. The van der Waals surface area contributed by atoms with Gasteiger partial charge in [-0.2, -0.15) is 0 Å². The van der Waals surface area contributed by atoms with Crippen molar-refractivity contribution in [3.05, 3.63) is 46.2 Å². The Morgan fingerprint density at radius 3 is 2.52 bits per heavy atom. The van der Waals surface area contributed by atoms with Crippen molar-refractivity contribution in [3.8, 4) is 5.75 Å². The Morgan fingerprint density at radius 1 is 1.19 bits per heavy atom. The van der Waals surface area contributed by atoms with Crippen LogP contribution < -0.4 is 15.8 Å². The number of hydrogen-bond acceptors (Lipinski definition) is 4. The molecule has 1 aromatic heterocycles. The van der Waals surface area contributed by atoms with Crippen molar-refractivity contribution in [1.29, 1.82) is 0 Å². The summed E-state index contributed by atoms with van der Waals surface area (Å²) in [6.45, 7) is 3.31. The predicted octanol–water partition coefficient (Wildman–Crippen LogP) is 3.18. The number of thiophene rings is 1. The van der Waals surface area contributed by atoms with E-state index in [-0.39, 0.29) is 12.3 Å². The lowest BCUT2D eigenvalue weighted by Crippen LogP contribution is -2.14. The molecule has 0 saturated carbocycles. The molecular formula is C16H20N2O2S. The summed E-state index contributed by atoms with van der Waals surface area (Å²) in [5, 5.41) is 3.38. The molecule has 0 saturated heterocycles. The number of carbonyl (C=O) groups excluding carboxylic acids is 1. The van der Waals surface area contributed by atoms with Gasteiger partial charge in [-0.1, -0.05) is 6.92 Å². The number of ether oxygens (including phenoxy) is 1. The molecule has 0 aliphatic carbocycles. The number of aryl methyl sites for hydroxylation is 1. The summed E-state index contributed by atoms with van der Waals surface area (Å²) < 4.78 is 5.43. The number of rotatable bonds is 8. The van der Waals surface area contributed by atoms with Crippen molar-refractivity contribution in [3.63, 3.8) is 0 Å². The first-order chi connectivity index (χ1) is 10.2. The van der Waals surface area contributed by atoms with Gasteiger partial charge in [0, 0.05) is 22.0 Å². The molecule has 2 rings (SSSR count). The molecule has 0 bridgehead atoms. The second kappa shape index (κ2) is 7.69. The van der Waals surface area contributed by atoms with Crippen LogP contribution in [0.1, 0.15) is 23.1 Å². The Hall–Kier alpha value is -2.01. The van der Waals surface area contributed by atoms with E-state index in [9.17, 15) is 4.79 Å². The van der Waals surface area contributed by atoms with Gasteiger partial charge in [0.05, 0.1) is 13.0 Å². The Bertz CT molecular complexity index is 578. The second-order valence-corrected chi connectivity index (χ2v) is 5.92. The summed E-state index contributed by atoms with van der Waals surface area (Å²) in [7, 11) is 0. The number of amides is 1. The lowest BCUT2D eigenvalue weighted by atomic mass is 10.3. The summed E-state index contributed by atoms with van der Waals surface area (Å²) in [5.74, 6) is 0.391. The molecule has 112 valence electrons. The fourth-order valence-corrected chi connectivity index (χ4v) is 2.73. The molecule has 1 amide bonds. The van der Waals surface area contributed by atoms with E-state index in [1.807, 2.05) is 35.6 Å². The first-order valence-corrected chi connectivity index (χ1v) is 7.81. The maximum absolute atomic E-state index is 10.6. The van der Waals surface area contributed by atoms with Crippen LogP contribution in [-0.2, 0) is 17.8 Å². The zero-order chi connectivity index (χ0) is 15.1. The molecule has 0 aliphatic rings. The number of anilines is 1. The van der Waals surface area contributed by atoms with Gasteiger partial charge in [0.2, 0.25) is 5.91 Å². The van der Waals surface area contributed by atoms with Crippen LogP contribution in [0.2, 0.25) is 0 Å². The molecule has 2 aromatic rings. The van der Waals surface area contributed by atoms with Gasteiger partial charge in [-0.05, 0) is 42.8 Å². The van der Waals surface area contributed by atoms with E-state index in [0.29, 0.717) is 6.61 Å². The van der Waals surface area contributed by atoms with Crippen LogP contribution in [0.15, 0.2) is 36.4 Å². The Balaban J connectivity index is 1.80. The third kappa shape index (κ3) is 5.11. The van der Waals surface area contributed by atoms with Gasteiger partial charge in [0.25, 0.3) is 0 Å². The predicted molar refractivity (Wildman–Crippen MR) is 86.8 cm³/mol. The molecule has 1 aromatic carbocycles. The molecule has 0 atom stereocenters. The van der Waals surface area contributed by atoms with Gasteiger partial charge in [0.15, 0.2) is 0 Å². The molecule has 0 aliphatic heterocycles. The van der Waals surface area contributed by atoms with Crippen LogP contribution in [0.25, 0.3) is 0 Å². The van der Waals surface area contributed by atoms with Gasteiger partial charge in [0.1, 0.15) is 5.75 Å². The molecule has 0 unspecified atom stereocenters. The fourth-order valence-electron chi connectivity index (χ4n) is 1.84. The Kier molecular flexibility index (Phi) is 5.63. The molecule has 3 N–H and O–H groups in total. The highest BCUT2D eigenvalue weighted by atomic mass is 32.1. The van der Waals surface area contributed by atoms with Gasteiger partial charge in [-0.15, -0.1) is 11.3 Å². The van der Waals surface area contributed by atoms with E-state index in [4.69, 9.17) is 10.5 Å². The van der Waals surface area contributed by atoms with Crippen LogP contribution in [0.5, 0.6) is 5.75 Å². The van der Waals surface area contributed by atoms with Crippen LogP contribution in [0, 0.1) is 0 Å². The van der Waals surface area contributed by atoms with E-state index >= 15 is 0 Å². The minimum absolute atomic E-state index is 0.234. The molecule has 21 heavy (non-hydrogen) atoms.